The largest absolute Gasteiger partial charge is 0.481 e. The lowest BCUT2D eigenvalue weighted by atomic mass is 9.43. The quantitative estimate of drug-likeness (QED) is 0.393. The van der Waals surface area contributed by atoms with Crippen molar-refractivity contribution in [2.24, 2.45) is 23.2 Å². The molecule has 3 aliphatic carbocycles. The Labute approximate surface area is 222 Å². The van der Waals surface area contributed by atoms with Gasteiger partial charge in [0.15, 0.2) is 0 Å². The van der Waals surface area contributed by atoms with Crippen LogP contribution in [0.15, 0.2) is 30.3 Å². The third kappa shape index (κ3) is 5.91. The molecule has 5 rings (SSSR count). The van der Waals surface area contributed by atoms with E-state index in [0.29, 0.717) is 30.6 Å². The van der Waals surface area contributed by atoms with Crippen molar-refractivity contribution in [1.82, 2.24) is 10.6 Å². The van der Waals surface area contributed by atoms with Gasteiger partial charge in [-0.15, -0.1) is 0 Å². The zero-order valence-electron chi connectivity index (χ0n) is 23.3. The molecule has 1 aliphatic heterocycles. The summed E-state index contributed by atoms with van der Waals surface area (Å²) in [6.45, 7) is 12.6. The highest BCUT2D eigenvalue weighted by Gasteiger charge is 2.68. The Kier molecular flexibility index (Phi) is 8.41. The summed E-state index contributed by atoms with van der Waals surface area (Å²) < 4.78 is 13.1. The zero-order valence-corrected chi connectivity index (χ0v) is 23.3. The van der Waals surface area contributed by atoms with Crippen LogP contribution in [0.1, 0.15) is 79.2 Å². The van der Waals surface area contributed by atoms with Crippen LogP contribution in [0.3, 0.4) is 0 Å². The smallest absolute Gasteiger partial charge is 0.404 e. The number of nitrogens with one attached hydrogen (secondary N) is 2. The van der Waals surface area contributed by atoms with E-state index >= 15 is 0 Å². The molecule has 8 heteroatoms. The first-order chi connectivity index (χ1) is 17.4. The highest BCUT2D eigenvalue weighted by molar-refractivity contribution is 6.48. The van der Waals surface area contributed by atoms with Crippen molar-refractivity contribution >= 4 is 18.9 Å². The van der Waals surface area contributed by atoms with E-state index in [1.54, 1.807) is 0 Å². The highest BCUT2D eigenvalue weighted by Crippen LogP contribution is 2.65. The predicted octanol–water partition coefficient (Wildman–Crippen LogP) is 3.67. The summed E-state index contributed by atoms with van der Waals surface area (Å²) in [6, 6.07) is 8.96. The maximum absolute atomic E-state index is 13.3. The first kappa shape index (κ1) is 28.1. The Balaban J connectivity index is 1.36. The van der Waals surface area contributed by atoms with Gasteiger partial charge in [-0.3, -0.25) is 9.59 Å². The van der Waals surface area contributed by atoms with E-state index in [1.807, 2.05) is 30.3 Å². The number of rotatable bonds is 11. The number of amides is 2. The molecule has 1 saturated heterocycles. The summed E-state index contributed by atoms with van der Waals surface area (Å²) >= 11 is 0. The molecular weight excluding hydrogens is 467 g/mol. The van der Waals surface area contributed by atoms with Gasteiger partial charge in [-0.1, -0.05) is 58.0 Å². The van der Waals surface area contributed by atoms with Gasteiger partial charge in [-0.25, -0.2) is 0 Å². The molecule has 3 saturated carbocycles. The van der Waals surface area contributed by atoms with E-state index < -0.39 is 25.2 Å². The maximum atomic E-state index is 13.3. The molecule has 204 valence electrons. The van der Waals surface area contributed by atoms with Crippen molar-refractivity contribution in [2.75, 3.05) is 0 Å². The van der Waals surface area contributed by atoms with E-state index in [-0.39, 0.29) is 35.4 Å². The molecule has 4 fully saturated rings. The fraction of sp³-hybridized carbons (Fsp3) is 0.724. The van der Waals surface area contributed by atoms with Crippen molar-refractivity contribution in [3.05, 3.63) is 35.9 Å². The molecule has 1 aromatic rings. The van der Waals surface area contributed by atoms with Gasteiger partial charge < -0.3 is 25.0 Å². The van der Waals surface area contributed by atoms with Crippen molar-refractivity contribution < 1.29 is 24.0 Å². The Bertz CT molecular complexity index is 955. The first-order valence-corrected chi connectivity index (χ1v) is 14.1. The minimum absolute atomic E-state index is 0.0257. The van der Waals surface area contributed by atoms with Crippen molar-refractivity contribution in [1.29, 1.82) is 0 Å². The predicted molar refractivity (Wildman–Crippen MR) is 144 cm³/mol. The van der Waals surface area contributed by atoms with Crippen LogP contribution in [0.25, 0.3) is 0 Å². The molecule has 1 aromatic carbocycles. The first-order valence-electron chi connectivity index (χ1n) is 14.1. The fourth-order valence-corrected chi connectivity index (χ4v) is 6.84. The van der Waals surface area contributed by atoms with Crippen LogP contribution in [-0.2, 0) is 25.3 Å². The molecule has 37 heavy (non-hydrogen) atoms. The van der Waals surface area contributed by atoms with Gasteiger partial charge in [-0.05, 0) is 74.7 Å². The SMILES string of the molecule is CC(C)C[C@H](NC(=O)[C@@H](NC(=O)CCCc1ccccc1)[C@@H](C)O)B1O[C@@H]2C[C@H]3C[C@H](C3(C)C)[C@]2(C)O1. The lowest BCUT2D eigenvalue weighted by Gasteiger charge is -2.64. The van der Waals surface area contributed by atoms with Crippen molar-refractivity contribution in [3.8, 4) is 0 Å². The van der Waals surface area contributed by atoms with Gasteiger partial charge in [0.2, 0.25) is 11.8 Å². The minimum Gasteiger partial charge on any atom is -0.404 e. The van der Waals surface area contributed by atoms with Crippen LogP contribution in [-0.4, -0.2) is 53.8 Å². The number of aryl methyl sites for hydroxylation is 1. The molecule has 2 amide bonds. The number of carbonyl (C=O) groups is 2. The van der Waals surface area contributed by atoms with Crippen LogP contribution in [0.4, 0.5) is 0 Å². The third-order valence-corrected chi connectivity index (χ3v) is 9.14. The second kappa shape index (κ2) is 11.1. The standard InChI is InChI=1S/C29H45BN2O5/c1-18(2)15-24(30-36-23-17-21-16-22(28(21,4)5)29(23,6)37-30)31-27(35)26(19(3)33)32-25(34)14-10-13-20-11-8-7-9-12-20/h7-9,11-12,18-19,21-24,26,33H,10,13-17H2,1-6H3,(H,31,35)(H,32,34)/t19-,21-,22-,23-,24+,26+,29+/m1/s1. The lowest BCUT2D eigenvalue weighted by molar-refractivity contribution is -0.199. The lowest BCUT2D eigenvalue weighted by Crippen LogP contribution is -2.65. The third-order valence-electron chi connectivity index (χ3n) is 9.14. The van der Waals surface area contributed by atoms with Gasteiger partial charge in [0, 0.05) is 6.42 Å². The second-order valence-electron chi connectivity index (χ2n) is 12.7. The van der Waals surface area contributed by atoms with Crippen LogP contribution in [0.5, 0.6) is 0 Å². The average Bonchev–Trinajstić information content (AvgIpc) is 3.19. The van der Waals surface area contributed by atoms with Crippen LogP contribution in [0.2, 0.25) is 0 Å². The number of aliphatic hydroxyl groups excluding tert-OH is 1. The Morgan fingerprint density at radius 1 is 1.11 bits per heavy atom. The summed E-state index contributed by atoms with van der Waals surface area (Å²) in [5.41, 5.74) is 1.05. The monoisotopic (exact) mass is 512 g/mol. The van der Waals surface area contributed by atoms with E-state index in [1.165, 1.54) is 12.5 Å². The average molecular weight is 513 g/mol. The van der Waals surface area contributed by atoms with Crippen molar-refractivity contribution in [3.63, 3.8) is 0 Å². The molecule has 0 spiro atoms. The van der Waals surface area contributed by atoms with Gasteiger partial charge in [-0.2, -0.15) is 0 Å². The number of hydrogen-bond donors (Lipinski definition) is 3. The number of benzene rings is 1. The summed E-state index contributed by atoms with van der Waals surface area (Å²) in [6.07, 6.45) is 3.55. The normalized spacial score (nSPS) is 30.2. The molecule has 0 aromatic heterocycles. The Hall–Kier alpha value is -1.90. The fourth-order valence-electron chi connectivity index (χ4n) is 6.84. The highest BCUT2D eigenvalue weighted by atomic mass is 16.7. The topological polar surface area (TPSA) is 96.9 Å². The van der Waals surface area contributed by atoms with Crippen molar-refractivity contribution in [2.45, 2.75) is 110 Å². The number of carbonyl (C=O) groups excluding carboxylic acids is 2. The molecule has 0 unspecified atom stereocenters. The van der Waals surface area contributed by atoms with Crippen LogP contribution < -0.4 is 10.6 Å². The van der Waals surface area contributed by atoms with E-state index in [0.717, 1.165) is 19.3 Å². The Morgan fingerprint density at radius 3 is 2.43 bits per heavy atom. The number of hydrogen-bond acceptors (Lipinski definition) is 5. The maximum Gasteiger partial charge on any atom is 0.481 e. The summed E-state index contributed by atoms with van der Waals surface area (Å²) in [4.78, 5) is 26.0. The molecule has 7 atom stereocenters. The minimum atomic E-state index is -1.04. The van der Waals surface area contributed by atoms with Gasteiger partial charge in [0.25, 0.3) is 0 Å². The number of aliphatic hydroxyl groups is 1. The Morgan fingerprint density at radius 2 is 1.81 bits per heavy atom. The van der Waals surface area contributed by atoms with Crippen LogP contribution in [0, 0.1) is 23.2 Å². The van der Waals surface area contributed by atoms with E-state index in [9.17, 15) is 14.7 Å². The molecule has 1 heterocycles. The summed E-state index contributed by atoms with van der Waals surface area (Å²) in [5, 5.41) is 16.2. The van der Waals surface area contributed by atoms with Gasteiger partial charge >= 0.3 is 7.12 Å². The zero-order chi connectivity index (χ0) is 27.0. The van der Waals surface area contributed by atoms with E-state index in [4.69, 9.17) is 9.31 Å². The molecule has 7 nitrogen and oxygen atoms in total. The molecule has 2 bridgehead atoms. The molecule has 4 aliphatic rings. The van der Waals surface area contributed by atoms with E-state index in [2.05, 4.69) is 45.3 Å². The molecular formula is C29H45BN2O5. The second-order valence-corrected chi connectivity index (χ2v) is 12.7. The van der Waals surface area contributed by atoms with Crippen LogP contribution >= 0.6 is 0 Å². The molecule has 0 radical (unpaired) electrons. The summed E-state index contributed by atoms with van der Waals surface area (Å²) in [5.74, 6) is 0.361. The van der Waals surface area contributed by atoms with Gasteiger partial charge in [0.1, 0.15) is 6.04 Å². The summed E-state index contributed by atoms with van der Waals surface area (Å²) in [7, 11) is -0.548. The molecule has 3 N–H and O–H groups in total. The van der Waals surface area contributed by atoms with Gasteiger partial charge in [0.05, 0.1) is 23.8 Å².